The number of hydrogen-bond donors (Lipinski definition) is 2. The minimum atomic E-state index is -0.217. The molecule has 0 saturated carbocycles. The summed E-state index contributed by atoms with van der Waals surface area (Å²) in [4.78, 5) is 13.3. The van der Waals surface area contributed by atoms with E-state index in [2.05, 4.69) is 10.1 Å². The Bertz CT molecular complexity index is 563. The molecule has 20 heavy (non-hydrogen) atoms. The fraction of sp³-hybridized carbons (Fsp3) is 0.267. The van der Waals surface area contributed by atoms with Gasteiger partial charge in [0, 0.05) is 22.0 Å². The summed E-state index contributed by atoms with van der Waals surface area (Å²) < 4.78 is 4.65. The van der Waals surface area contributed by atoms with E-state index in [1.165, 1.54) is 7.11 Å². The van der Waals surface area contributed by atoms with E-state index in [-0.39, 0.29) is 12.6 Å². The summed E-state index contributed by atoms with van der Waals surface area (Å²) in [6.45, 7) is 0.770. The quantitative estimate of drug-likeness (QED) is 0.803. The lowest BCUT2D eigenvalue weighted by atomic mass is 10.2. The highest BCUT2D eigenvalue weighted by molar-refractivity contribution is 7.12. The van der Waals surface area contributed by atoms with Crippen LogP contribution in [-0.4, -0.2) is 18.2 Å². The van der Waals surface area contributed by atoms with Crippen LogP contribution in [0.2, 0.25) is 0 Å². The zero-order valence-corrected chi connectivity index (χ0v) is 12.1. The van der Waals surface area contributed by atoms with Gasteiger partial charge in [-0.1, -0.05) is 12.1 Å². The molecule has 1 heterocycles. The van der Waals surface area contributed by atoms with Crippen LogP contribution in [0.25, 0.3) is 0 Å². The summed E-state index contributed by atoms with van der Waals surface area (Å²) in [5.41, 5.74) is 1.90. The van der Waals surface area contributed by atoms with Crippen molar-refractivity contribution >= 4 is 23.0 Å². The third-order valence-corrected chi connectivity index (χ3v) is 3.95. The molecule has 0 atom stereocenters. The number of rotatable bonds is 6. The van der Waals surface area contributed by atoms with E-state index in [1.807, 2.05) is 36.4 Å². The average Bonchev–Trinajstić information content (AvgIpc) is 2.93. The van der Waals surface area contributed by atoms with Crippen LogP contribution < -0.4 is 5.32 Å². The van der Waals surface area contributed by atoms with Crippen molar-refractivity contribution < 1.29 is 14.6 Å². The van der Waals surface area contributed by atoms with Crippen LogP contribution in [0.4, 0.5) is 5.69 Å². The zero-order chi connectivity index (χ0) is 14.4. The number of anilines is 1. The Morgan fingerprint density at radius 1 is 1.20 bits per heavy atom. The lowest BCUT2D eigenvalue weighted by Gasteiger charge is -2.05. The van der Waals surface area contributed by atoms with Crippen molar-refractivity contribution in [2.75, 3.05) is 12.4 Å². The lowest BCUT2D eigenvalue weighted by Crippen LogP contribution is -2.02. The van der Waals surface area contributed by atoms with E-state index in [4.69, 9.17) is 5.11 Å². The molecule has 2 aromatic rings. The third kappa shape index (κ3) is 4.08. The first-order valence-corrected chi connectivity index (χ1v) is 7.11. The van der Waals surface area contributed by atoms with Crippen molar-refractivity contribution in [1.82, 2.24) is 0 Å². The molecule has 5 heteroatoms. The van der Waals surface area contributed by atoms with Gasteiger partial charge in [-0.2, -0.15) is 0 Å². The van der Waals surface area contributed by atoms with Gasteiger partial charge in [0.2, 0.25) is 0 Å². The van der Waals surface area contributed by atoms with Gasteiger partial charge in [0.1, 0.15) is 0 Å². The van der Waals surface area contributed by atoms with Gasteiger partial charge in [0.25, 0.3) is 0 Å². The fourth-order valence-electron chi connectivity index (χ4n) is 1.74. The lowest BCUT2D eigenvalue weighted by molar-refractivity contribution is -0.139. The number of esters is 1. The molecule has 0 amide bonds. The van der Waals surface area contributed by atoms with E-state index in [9.17, 15) is 4.79 Å². The Morgan fingerprint density at radius 3 is 2.55 bits per heavy atom. The molecule has 0 radical (unpaired) electrons. The molecule has 2 N–H and O–H groups in total. The number of ether oxygens (including phenoxy) is 1. The molecule has 2 rings (SSSR count). The van der Waals surface area contributed by atoms with E-state index < -0.39 is 0 Å². The SMILES string of the molecule is COC(=O)Cc1ccc(CNc2ccc(CO)cc2)s1. The predicted octanol–water partition coefficient (Wildman–Crippen LogP) is 2.57. The molecule has 1 aromatic heterocycles. The predicted molar refractivity (Wildman–Crippen MR) is 79.7 cm³/mol. The van der Waals surface area contributed by atoms with Gasteiger partial charge in [-0.25, -0.2) is 0 Å². The summed E-state index contributed by atoms with van der Waals surface area (Å²) in [7, 11) is 1.40. The van der Waals surface area contributed by atoms with Crippen molar-refractivity contribution in [3.05, 3.63) is 51.7 Å². The Labute approximate surface area is 122 Å². The second kappa shape index (κ2) is 7.07. The maximum absolute atomic E-state index is 11.2. The summed E-state index contributed by atoms with van der Waals surface area (Å²) in [5, 5.41) is 12.3. The van der Waals surface area contributed by atoms with Crippen LogP contribution in [0.15, 0.2) is 36.4 Å². The minimum absolute atomic E-state index is 0.0576. The number of carbonyl (C=O) groups excluding carboxylic acids is 1. The standard InChI is InChI=1S/C15H17NO3S/c1-19-15(18)8-13-6-7-14(20-13)9-16-12-4-2-11(10-17)3-5-12/h2-7,16-17H,8-10H2,1H3. The molecule has 0 aliphatic carbocycles. The Morgan fingerprint density at radius 2 is 1.90 bits per heavy atom. The number of nitrogens with one attached hydrogen (secondary N) is 1. The van der Waals surface area contributed by atoms with Crippen LogP contribution in [-0.2, 0) is 29.1 Å². The monoisotopic (exact) mass is 291 g/mol. The van der Waals surface area contributed by atoms with Crippen LogP contribution in [0.3, 0.4) is 0 Å². The summed E-state index contributed by atoms with van der Waals surface area (Å²) in [6, 6.07) is 11.6. The minimum Gasteiger partial charge on any atom is -0.469 e. The Hall–Kier alpha value is -1.85. The van der Waals surface area contributed by atoms with Crippen molar-refractivity contribution in [1.29, 1.82) is 0 Å². The van der Waals surface area contributed by atoms with Gasteiger partial charge >= 0.3 is 5.97 Å². The highest BCUT2D eigenvalue weighted by Crippen LogP contribution is 2.19. The van der Waals surface area contributed by atoms with Gasteiger partial charge in [0.05, 0.1) is 20.1 Å². The van der Waals surface area contributed by atoms with E-state index in [1.54, 1.807) is 11.3 Å². The first-order valence-electron chi connectivity index (χ1n) is 6.29. The first-order chi connectivity index (χ1) is 9.71. The first kappa shape index (κ1) is 14.6. The summed E-state index contributed by atoms with van der Waals surface area (Å²) in [6.07, 6.45) is 0.326. The molecule has 1 aromatic carbocycles. The van der Waals surface area contributed by atoms with Crippen LogP contribution in [0.1, 0.15) is 15.3 Å². The number of aliphatic hydroxyl groups is 1. The van der Waals surface area contributed by atoms with Gasteiger partial charge in [-0.15, -0.1) is 11.3 Å². The Kier molecular flexibility index (Phi) is 5.15. The van der Waals surface area contributed by atoms with E-state index in [0.29, 0.717) is 13.0 Å². The highest BCUT2D eigenvalue weighted by Gasteiger charge is 2.06. The number of aliphatic hydroxyl groups excluding tert-OH is 1. The smallest absolute Gasteiger partial charge is 0.310 e. The normalized spacial score (nSPS) is 10.3. The topological polar surface area (TPSA) is 58.6 Å². The van der Waals surface area contributed by atoms with Crippen LogP contribution >= 0.6 is 11.3 Å². The summed E-state index contributed by atoms with van der Waals surface area (Å²) >= 11 is 1.60. The molecule has 106 valence electrons. The molecule has 0 bridgehead atoms. The van der Waals surface area contributed by atoms with Gasteiger partial charge in [-0.05, 0) is 29.8 Å². The second-order valence-electron chi connectivity index (χ2n) is 4.33. The molecule has 0 unspecified atom stereocenters. The van der Waals surface area contributed by atoms with E-state index in [0.717, 1.165) is 21.0 Å². The molecule has 0 saturated heterocycles. The van der Waals surface area contributed by atoms with Crippen molar-refractivity contribution in [3.8, 4) is 0 Å². The molecule has 0 fully saturated rings. The number of hydrogen-bond acceptors (Lipinski definition) is 5. The van der Waals surface area contributed by atoms with Crippen molar-refractivity contribution in [2.24, 2.45) is 0 Å². The third-order valence-electron chi connectivity index (χ3n) is 2.87. The number of benzene rings is 1. The molecule has 0 aliphatic heterocycles. The van der Waals surface area contributed by atoms with Crippen LogP contribution in [0.5, 0.6) is 0 Å². The Balaban J connectivity index is 1.88. The largest absolute Gasteiger partial charge is 0.469 e. The number of thiophene rings is 1. The second-order valence-corrected chi connectivity index (χ2v) is 5.58. The highest BCUT2D eigenvalue weighted by atomic mass is 32.1. The number of carbonyl (C=O) groups is 1. The van der Waals surface area contributed by atoms with E-state index >= 15 is 0 Å². The molecular formula is C15H17NO3S. The van der Waals surface area contributed by atoms with Crippen molar-refractivity contribution in [2.45, 2.75) is 19.6 Å². The fourth-order valence-corrected chi connectivity index (χ4v) is 2.69. The van der Waals surface area contributed by atoms with Gasteiger partial charge in [-0.3, -0.25) is 4.79 Å². The van der Waals surface area contributed by atoms with Crippen LogP contribution in [0, 0.1) is 0 Å². The maximum atomic E-state index is 11.2. The summed E-state index contributed by atoms with van der Waals surface area (Å²) in [5.74, 6) is -0.217. The molecule has 0 aliphatic rings. The maximum Gasteiger partial charge on any atom is 0.310 e. The van der Waals surface area contributed by atoms with Gasteiger partial charge < -0.3 is 15.2 Å². The molecule has 0 spiro atoms. The van der Waals surface area contributed by atoms with Crippen molar-refractivity contribution in [3.63, 3.8) is 0 Å². The van der Waals surface area contributed by atoms with Gasteiger partial charge in [0.15, 0.2) is 0 Å². The molecular weight excluding hydrogens is 274 g/mol. The average molecular weight is 291 g/mol. The molecule has 4 nitrogen and oxygen atoms in total. The number of methoxy groups -OCH3 is 1. The zero-order valence-electron chi connectivity index (χ0n) is 11.3.